The van der Waals surface area contributed by atoms with Crippen molar-refractivity contribution < 1.29 is 8.42 Å². The summed E-state index contributed by atoms with van der Waals surface area (Å²) in [4.78, 5) is 4.65. The molecule has 0 aliphatic heterocycles. The molecule has 0 bridgehead atoms. The second-order valence-corrected chi connectivity index (χ2v) is 9.59. The topological polar surface area (TPSA) is 70.6 Å². The highest BCUT2D eigenvalue weighted by molar-refractivity contribution is 14.0. The van der Waals surface area contributed by atoms with Gasteiger partial charge in [0, 0.05) is 18.8 Å². The molecule has 1 aromatic rings. The van der Waals surface area contributed by atoms with Crippen LogP contribution < -0.4 is 10.6 Å². The average molecular weight is 509 g/mol. The van der Waals surface area contributed by atoms with Crippen molar-refractivity contribution in [3.8, 4) is 0 Å². The fourth-order valence-electron chi connectivity index (χ4n) is 2.67. The lowest BCUT2D eigenvalue weighted by Gasteiger charge is -2.18. The molecule has 0 aromatic heterocycles. The molecule has 0 spiro atoms. The number of sulfone groups is 1. The highest BCUT2D eigenvalue weighted by Crippen LogP contribution is 2.10. The van der Waals surface area contributed by atoms with Gasteiger partial charge in [0.1, 0.15) is 0 Å². The van der Waals surface area contributed by atoms with E-state index in [9.17, 15) is 8.42 Å². The number of nitrogens with zero attached hydrogens (tertiary/aromatic N) is 1. The van der Waals surface area contributed by atoms with E-state index in [1.54, 1.807) is 0 Å². The van der Waals surface area contributed by atoms with Crippen LogP contribution in [0.3, 0.4) is 0 Å². The quantitative estimate of drug-likeness (QED) is 0.283. The third-order valence-corrected chi connectivity index (χ3v) is 4.88. The molecule has 0 heterocycles. The molecule has 0 aliphatic carbocycles. The second-order valence-electron chi connectivity index (χ2n) is 7.45. The number of halogens is 1. The van der Waals surface area contributed by atoms with E-state index in [1.165, 1.54) is 19.1 Å². The van der Waals surface area contributed by atoms with Crippen molar-refractivity contribution in [2.24, 2.45) is 10.9 Å². The summed E-state index contributed by atoms with van der Waals surface area (Å²) in [7, 11) is -3.00. The first kappa shape index (κ1) is 26.2. The standard InChI is InChI=1S/C20H35N3O2S.HI/c1-6-21-20(23-17(4)9-7-8-16(2)3)22-14-18-10-12-19(13-11-18)15-26(5,24)25;/h10-13,16-17H,6-9,14-15H2,1-5H3,(H2,21,22,23);1H. The summed E-state index contributed by atoms with van der Waals surface area (Å²) in [5.41, 5.74) is 1.87. The number of benzene rings is 1. The summed E-state index contributed by atoms with van der Waals surface area (Å²) in [5.74, 6) is 1.65. The Hall–Kier alpha value is -0.830. The highest BCUT2D eigenvalue weighted by Gasteiger charge is 2.07. The van der Waals surface area contributed by atoms with E-state index in [-0.39, 0.29) is 29.7 Å². The maximum Gasteiger partial charge on any atom is 0.191 e. The van der Waals surface area contributed by atoms with E-state index in [2.05, 4.69) is 43.3 Å². The third-order valence-electron chi connectivity index (χ3n) is 4.02. The van der Waals surface area contributed by atoms with Crippen LogP contribution in [0.1, 0.15) is 58.1 Å². The zero-order valence-electron chi connectivity index (χ0n) is 17.3. The molecule has 27 heavy (non-hydrogen) atoms. The van der Waals surface area contributed by atoms with Gasteiger partial charge in [0.15, 0.2) is 15.8 Å². The van der Waals surface area contributed by atoms with E-state index >= 15 is 0 Å². The molecule has 5 nitrogen and oxygen atoms in total. The lowest BCUT2D eigenvalue weighted by atomic mass is 10.0. The molecule has 0 saturated heterocycles. The number of rotatable bonds is 10. The molecule has 2 N–H and O–H groups in total. The van der Waals surface area contributed by atoms with E-state index in [4.69, 9.17) is 0 Å². The summed E-state index contributed by atoms with van der Waals surface area (Å²) < 4.78 is 22.7. The Morgan fingerprint density at radius 3 is 2.19 bits per heavy atom. The molecule has 0 saturated carbocycles. The zero-order valence-corrected chi connectivity index (χ0v) is 20.4. The van der Waals surface area contributed by atoms with Crippen molar-refractivity contribution in [3.63, 3.8) is 0 Å². The number of hydrogen-bond acceptors (Lipinski definition) is 3. The smallest absolute Gasteiger partial charge is 0.191 e. The van der Waals surface area contributed by atoms with Gasteiger partial charge in [-0.25, -0.2) is 13.4 Å². The van der Waals surface area contributed by atoms with Gasteiger partial charge in [-0.05, 0) is 37.3 Å². The van der Waals surface area contributed by atoms with Gasteiger partial charge >= 0.3 is 0 Å². The van der Waals surface area contributed by atoms with E-state index < -0.39 is 9.84 Å². The lowest BCUT2D eigenvalue weighted by molar-refractivity contribution is 0.491. The second kappa shape index (κ2) is 13.4. The Kier molecular flexibility index (Phi) is 13.0. The Morgan fingerprint density at radius 1 is 1.07 bits per heavy atom. The van der Waals surface area contributed by atoms with Crippen molar-refractivity contribution in [1.82, 2.24) is 10.6 Å². The van der Waals surface area contributed by atoms with Gasteiger partial charge in [-0.15, -0.1) is 24.0 Å². The molecule has 1 atom stereocenters. The minimum absolute atomic E-state index is 0. The van der Waals surface area contributed by atoms with Crippen LogP contribution in [0.4, 0.5) is 0 Å². The van der Waals surface area contributed by atoms with E-state index in [1.807, 2.05) is 24.3 Å². The first-order valence-electron chi connectivity index (χ1n) is 9.50. The molecular weight excluding hydrogens is 473 g/mol. The fourth-order valence-corrected chi connectivity index (χ4v) is 3.47. The van der Waals surface area contributed by atoms with Gasteiger partial charge in [0.25, 0.3) is 0 Å². The monoisotopic (exact) mass is 509 g/mol. The minimum Gasteiger partial charge on any atom is -0.357 e. The van der Waals surface area contributed by atoms with Crippen LogP contribution in [0.2, 0.25) is 0 Å². The predicted octanol–water partition coefficient (Wildman–Crippen LogP) is 4.12. The zero-order chi connectivity index (χ0) is 19.6. The SMILES string of the molecule is CCNC(=NCc1ccc(CS(C)(=O)=O)cc1)NC(C)CCCC(C)C.I. The van der Waals surface area contributed by atoms with Crippen molar-refractivity contribution >= 4 is 39.8 Å². The minimum atomic E-state index is -3.00. The van der Waals surface area contributed by atoms with Gasteiger partial charge in [0.2, 0.25) is 0 Å². The number of hydrogen-bond donors (Lipinski definition) is 2. The number of guanidine groups is 1. The Balaban J connectivity index is 0.00000676. The van der Waals surface area contributed by atoms with E-state index in [0.717, 1.165) is 36.0 Å². The van der Waals surface area contributed by atoms with E-state index in [0.29, 0.717) is 12.6 Å². The molecule has 1 unspecified atom stereocenters. The largest absolute Gasteiger partial charge is 0.357 e. The van der Waals surface area contributed by atoms with Crippen LogP contribution in [-0.4, -0.2) is 33.2 Å². The van der Waals surface area contributed by atoms with Crippen LogP contribution in [-0.2, 0) is 22.1 Å². The van der Waals surface area contributed by atoms with Crippen molar-refractivity contribution in [2.75, 3.05) is 12.8 Å². The summed E-state index contributed by atoms with van der Waals surface area (Å²) in [6.07, 6.45) is 4.84. The number of nitrogens with one attached hydrogen (secondary N) is 2. The Bertz CT molecular complexity index is 658. The van der Waals surface area contributed by atoms with Crippen LogP contribution in [0, 0.1) is 5.92 Å². The van der Waals surface area contributed by atoms with Gasteiger partial charge in [-0.3, -0.25) is 0 Å². The Morgan fingerprint density at radius 2 is 1.67 bits per heavy atom. The molecule has 0 amide bonds. The molecule has 156 valence electrons. The molecular formula is C20H36IN3O2S. The summed E-state index contributed by atoms with van der Waals surface area (Å²) in [5, 5.41) is 6.75. The first-order chi connectivity index (χ1) is 12.2. The molecule has 7 heteroatoms. The van der Waals surface area contributed by atoms with Crippen LogP contribution in [0.15, 0.2) is 29.3 Å². The normalized spacial score (nSPS) is 13.2. The van der Waals surface area contributed by atoms with Crippen molar-refractivity contribution in [3.05, 3.63) is 35.4 Å². The van der Waals surface area contributed by atoms with Crippen molar-refractivity contribution in [2.45, 2.75) is 65.3 Å². The highest BCUT2D eigenvalue weighted by atomic mass is 127. The molecule has 0 aliphatic rings. The number of aliphatic imine (C=N–C) groups is 1. The molecule has 1 aromatic carbocycles. The summed E-state index contributed by atoms with van der Waals surface area (Å²) >= 11 is 0. The summed E-state index contributed by atoms with van der Waals surface area (Å²) in [6, 6.07) is 7.99. The fraction of sp³-hybridized carbons (Fsp3) is 0.650. The van der Waals surface area contributed by atoms with Crippen molar-refractivity contribution in [1.29, 1.82) is 0 Å². The lowest BCUT2D eigenvalue weighted by Crippen LogP contribution is -2.42. The predicted molar refractivity (Wildman–Crippen MR) is 127 cm³/mol. The van der Waals surface area contributed by atoms with Crippen LogP contribution in [0.5, 0.6) is 0 Å². The third kappa shape index (κ3) is 13.1. The maximum absolute atomic E-state index is 11.3. The average Bonchev–Trinajstić information content (AvgIpc) is 2.52. The Labute approximate surface area is 182 Å². The molecule has 0 radical (unpaired) electrons. The molecule has 0 fully saturated rings. The van der Waals surface area contributed by atoms with Gasteiger partial charge in [-0.2, -0.15) is 0 Å². The van der Waals surface area contributed by atoms with Gasteiger partial charge in [0.05, 0.1) is 12.3 Å². The van der Waals surface area contributed by atoms with Crippen LogP contribution in [0.25, 0.3) is 0 Å². The first-order valence-corrected chi connectivity index (χ1v) is 11.6. The maximum atomic E-state index is 11.3. The molecule has 1 rings (SSSR count). The van der Waals surface area contributed by atoms with Gasteiger partial charge in [-0.1, -0.05) is 51.0 Å². The van der Waals surface area contributed by atoms with Crippen LogP contribution >= 0.6 is 24.0 Å². The van der Waals surface area contributed by atoms with Gasteiger partial charge < -0.3 is 10.6 Å². The summed E-state index contributed by atoms with van der Waals surface area (Å²) in [6.45, 7) is 10.1.